The summed E-state index contributed by atoms with van der Waals surface area (Å²) in [7, 11) is 0. The third kappa shape index (κ3) is 5.67. The zero-order valence-electron chi connectivity index (χ0n) is 24.8. The Hall–Kier alpha value is -4.78. The van der Waals surface area contributed by atoms with Crippen molar-refractivity contribution in [2.45, 2.75) is 45.3 Å². The van der Waals surface area contributed by atoms with Gasteiger partial charge in [-0.25, -0.2) is 4.79 Å². The molecule has 1 spiro atoms. The number of hydrogen-bond acceptors (Lipinski definition) is 4. The highest BCUT2D eigenvalue weighted by Crippen LogP contribution is 2.57. The van der Waals surface area contributed by atoms with Gasteiger partial charge < -0.3 is 25.0 Å². The lowest BCUT2D eigenvalue weighted by molar-refractivity contribution is -0.144. The highest BCUT2D eigenvalue weighted by molar-refractivity contribution is 6.06. The van der Waals surface area contributed by atoms with Crippen LogP contribution in [-0.4, -0.2) is 40.6 Å². The van der Waals surface area contributed by atoms with Crippen molar-refractivity contribution in [2.24, 2.45) is 5.41 Å². The summed E-state index contributed by atoms with van der Waals surface area (Å²) in [5.74, 6) is 1.08. The van der Waals surface area contributed by atoms with Gasteiger partial charge in [-0.1, -0.05) is 54.6 Å². The molecule has 7 heteroatoms. The molecule has 0 bridgehead atoms. The van der Waals surface area contributed by atoms with Crippen molar-refractivity contribution >= 4 is 23.3 Å². The van der Waals surface area contributed by atoms with Crippen LogP contribution in [0.2, 0.25) is 0 Å². The zero-order chi connectivity index (χ0) is 30.2. The van der Waals surface area contributed by atoms with Crippen molar-refractivity contribution in [3.8, 4) is 22.6 Å². The van der Waals surface area contributed by atoms with E-state index in [1.54, 1.807) is 17.0 Å². The molecular weight excluding hydrogens is 538 g/mol. The smallest absolute Gasteiger partial charge is 0.321 e. The molecule has 220 valence electrons. The number of phenols is 1. The Labute approximate surface area is 252 Å². The Morgan fingerprint density at radius 1 is 0.837 bits per heavy atom. The lowest BCUT2D eigenvalue weighted by Gasteiger charge is -2.59. The number of ether oxygens (including phenoxy) is 1. The van der Waals surface area contributed by atoms with E-state index in [2.05, 4.69) is 29.6 Å². The molecule has 4 aromatic rings. The van der Waals surface area contributed by atoms with Crippen LogP contribution >= 0.6 is 0 Å². The molecule has 43 heavy (non-hydrogen) atoms. The van der Waals surface area contributed by atoms with Gasteiger partial charge in [-0.05, 0) is 98.8 Å². The third-order valence-corrected chi connectivity index (χ3v) is 8.36. The van der Waals surface area contributed by atoms with Crippen LogP contribution in [0, 0.1) is 5.41 Å². The number of aromatic hydroxyl groups is 1. The molecule has 2 fully saturated rings. The lowest BCUT2D eigenvalue weighted by atomic mass is 9.62. The van der Waals surface area contributed by atoms with Crippen LogP contribution < -0.4 is 15.0 Å². The van der Waals surface area contributed by atoms with Crippen molar-refractivity contribution in [1.29, 1.82) is 0 Å². The summed E-state index contributed by atoms with van der Waals surface area (Å²) < 4.78 is 6.01. The summed E-state index contributed by atoms with van der Waals surface area (Å²) in [5.41, 5.74) is 3.77. The van der Waals surface area contributed by atoms with E-state index in [0.29, 0.717) is 25.9 Å². The van der Waals surface area contributed by atoms with Crippen LogP contribution in [0.3, 0.4) is 0 Å². The van der Waals surface area contributed by atoms with Crippen LogP contribution in [0.25, 0.3) is 11.1 Å². The second kappa shape index (κ2) is 11.1. The monoisotopic (exact) mass is 575 g/mol. The standard InChI is InChI=1S/C36H37N3O4/c1-35(2,3)43-31-19-15-29(16-20-31)39-32(27-11-9-25(10-12-27)26-13-17-30(40)18-14-26)36(33(39)41)21-23-38(24-22-36)34(42)37-28-7-5-4-6-8-28/h4-20,32,40H,21-24H2,1-3H3,(H,37,42). The minimum atomic E-state index is -0.593. The predicted molar refractivity (Wildman–Crippen MR) is 169 cm³/mol. The van der Waals surface area contributed by atoms with E-state index in [-0.39, 0.29) is 29.3 Å². The molecule has 7 nitrogen and oxygen atoms in total. The number of urea groups is 1. The number of benzene rings is 4. The molecule has 2 saturated heterocycles. The topological polar surface area (TPSA) is 82.1 Å². The number of β-lactam (4-membered cyclic amide) rings is 1. The molecule has 0 aliphatic carbocycles. The van der Waals surface area contributed by atoms with Crippen LogP contribution in [0.5, 0.6) is 11.5 Å². The predicted octanol–water partition coefficient (Wildman–Crippen LogP) is 7.64. The van der Waals surface area contributed by atoms with Gasteiger partial charge in [-0.3, -0.25) is 4.79 Å². The van der Waals surface area contributed by atoms with Gasteiger partial charge in [0.05, 0.1) is 11.5 Å². The maximum Gasteiger partial charge on any atom is 0.321 e. The molecule has 0 aromatic heterocycles. The van der Waals surface area contributed by atoms with Crippen LogP contribution in [0.4, 0.5) is 16.2 Å². The minimum Gasteiger partial charge on any atom is -0.508 e. The number of nitrogens with one attached hydrogen (secondary N) is 1. The van der Waals surface area contributed by atoms with Gasteiger partial charge in [0.15, 0.2) is 0 Å². The van der Waals surface area contributed by atoms with Crippen molar-refractivity contribution in [1.82, 2.24) is 4.90 Å². The first-order chi connectivity index (χ1) is 20.6. The fourth-order valence-corrected chi connectivity index (χ4v) is 6.25. The Bertz CT molecular complexity index is 1590. The van der Waals surface area contributed by atoms with Crippen molar-refractivity contribution in [3.63, 3.8) is 0 Å². The van der Waals surface area contributed by atoms with Crippen LogP contribution in [0.1, 0.15) is 45.2 Å². The third-order valence-electron chi connectivity index (χ3n) is 8.36. The molecule has 4 aromatic carbocycles. The number of carbonyl (C=O) groups excluding carboxylic acids is 2. The molecule has 1 unspecified atom stereocenters. The first-order valence-corrected chi connectivity index (χ1v) is 14.8. The fraction of sp³-hybridized carbons (Fsp3) is 0.278. The highest BCUT2D eigenvalue weighted by atomic mass is 16.5. The van der Waals surface area contributed by atoms with E-state index < -0.39 is 5.41 Å². The van der Waals surface area contributed by atoms with E-state index >= 15 is 0 Å². The summed E-state index contributed by atoms with van der Waals surface area (Å²) in [5, 5.41) is 12.7. The second-order valence-electron chi connectivity index (χ2n) is 12.4. The molecule has 2 aliphatic rings. The maximum absolute atomic E-state index is 14.1. The van der Waals surface area contributed by atoms with Gasteiger partial charge >= 0.3 is 6.03 Å². The van der Waals surface area contributed by atoms with Gasteiger partial charge in [0.2, 0.25) is 5.91 Å². The summed E-state index contributed by atoms with van der Waals surface area (Å²) >= 11 is 0. The Kier molecular flexibility index (Phi) is 7.34. The zero-order valence-corrected chi connectivity index (χ0v) is 24.8. The van der Waals surface area contributed by atoms with Gasteiger partial charge in [0, 0.05) is 24.5 Å². The number of hydrogen-bond donors (Lipinski definition) is 2. The van der Waals surface area contributed by atoms with Crippen molar-refractivity contribution in [2.75, 3.05) is 23.3 Å². The average molecular weight is 576 g/mol. The molecule has 6 rings (SSSR count). The Morgan fingerprint density at radius 3 is 2.00 bits per heavy atom. The average Bonchev–Trinajstić information content (AvgIpc) is 3.00. The molecule has 2 aliphatic heterocycles. The minimum absolute atomic E-state index is 0.0905. The number of likely N-dealkylation sites (tertiary alicyclic amines) is 1. The normalized spacial score (nSPS) is 17.8. The fourth-order valence-electron chi connectivity index (χ4n) is 6.25. The number of amides is 3. The summed E-state index contributed by atoms with van der Waals surface area (Å²) in [6.07, 6.45) is 1.17. The van der Waals surface area contributed by atoms with E-state index in [4.69, 9.17) is 4.74 Å². The Balaban J connectivity index is 1.26. The summed E-state index contributed by atoms with van der Waals surface area (Å²) in [6, 6.07) is 32.3. The molecule has 2 heterocycles. The van der Waals surface area contributed by atoms with Gasteiger partial charge in [-0.15, -0.1) is 0 Å². The van der Waals surface area contributed by atoms with E-state index in [9.17, 15) is 14.7 Å². The molecule has 0 saturated carbocycles. The molecule has 0 radical (unpaired) electrons. The van der Waals surface area contributed by atoms with Gasteiger partial charge in [-0.2, -0.15) is 0 Å². The summed E-state index contributed by atoms with van der Waals surface area (Å²) in [6.45, 7) is 7.02. The molecule has 2 N–H and O–H groups in total. The number of anilines is 2. The Morgan fingerprint density at radius 2 is 1.42 bits per heavy atom. The first-order valence-electron chi connectivity index (χ1n) is 14.8. The molecular formula is C36H37N3O4. The van der Waals surface area contributed by atoms with Crippen LogP contribution in [-0.2, 0) is 4.79 Å². The lowest BCUT2D eigenvalue weighted by Crippen LogP contribution is -2.67. The number of phenolic OH excluding ortho intramolecular Hbond substituents is 1. The van der Waals surface area contributed by atoms with E-state index in [1.807, 2.05) is 92.4 Å². The number of nitrogens with zero attached hydrogens (tertiary/aromatic N) is 2. The molecule has 3 amide bonds. The second-order valence-corrected chi connectivity index (χ2v) is 12.4. The number of rotatable bonds is 5. The first kappa shape index (κ1) is 28.3. The largest absolute Gasteiger partial charge is 0.508 e. The number of carbonyl (C=O) groups is 2. The van der Waals surface area contributed by atoms with Gasteiger partial charge in [0.25, 0.3) is 0 Å². The number of piperidine rings is 1. The highest BCUT2D eigenvalue weighted by Gasteiger charge is 2.62. The molecule has 1 atom stereocenters. The van der Waals surface area contributed by atoms with Gasteiger partial charge in [0.1, 0.15) is 17.1 Å². The van der Waals surface area contributed by atoms with Crippen molar-refractivity contribution < 1.29 is 19.4 Å². The maximum atomic E-state index is 14.1. The van der Waals surface area contributed by atoms with Crippen molar-refractivity contribution in [3.05, 3.63) is 109 Å². The van der Waals surface area contributed by atoms with E-state index in [0.717, 1.165) is 33.8 Å². The van der Waals surface area contributed by atoms with Crippen LogP contribution in [0.15, 0.2) is 103 Å². The summed E-state index contributed by atoms with van der Waals surface area (Å²) in [4.78, 5) is 30.8. The quantitative estimate of drug-likeness (QED) is 0.240. The SMILES string of the molecule is CC(C)(C)Oc1ccc(N2C(=O)C3(CCN(C(=O)Nc4ccccc4)CC3)C2c2ccc(-c3ccc(O)cc3)cc2)cc1. The van der Waals surface area contributed by atoms with E-state index in [1.165, 1.54) is 0 Å². The number of para-hydroxylation sites is 1.